The molecule has 0 saturated carbocycles. The molecule has 2 aromatic carbocycles. The lowest BCUT2D eigenvalue weighted by Crippen LogP contribution is -2.37. The van der Waals surface area contributed by atoms with Crippen molar-refractivity contribution in [2.24, 2.45) is 0 Å². The van der Waals surface area contributed by atoms with E-state index in [1.165, 1.54) is 17.7 Å². The zero-order valence-corrected chi connectivity index (χ0v) is 13.9. The Kier molecular flexibility index (Phi) is 3.69. The minimum absolute atomic E-state index is 0.0109. The number of nitrogens with zero attached hydrogens (tertiary/aromatic N) is 1. The molecule has 0 aromatic heterocycles. The van der Waals surface area contributed by atoms with Gasteiger partial charge in [0.15, 0.2) is 0 Å². The number of benzene rings is 2. The van der Waals surface area contributed by atoms with Gasteiger partial charge in [0.25, 0.3) is 0 Å². The van der Waals surface area contributed by atoms with E-state index in [1.54, 1.807) is 12.1 Å². The second-order valence-electron chi connectivity index (χ2n) is 6.58. The molecule has 0 amide bonds. The number of fused-ring (bicyclic) bond motifs is 2. The highest BCUT2D eigenvalue weighted by atomic mass is 32.2. The number of hydrogen-bond acceptors (Lipinski definition) is 2. The van der Waals surface area contributed by atoms with Crippen LogP contribution in [0.3, 0.4) is 0 Å². The highest BCUT2D eigenvalue weighted by Crippen LogP contribution is 2.61. The maximum Gasteiger partial charge on any atom is 0.123 e. The summed E-state index contributed by atoms with van der Waals surface area (Å²) in [4.78, 5) is 2.33. The summed E-state index contributed by atoms with van der Waals surface area (Å²) in [6.45, 7) is 2.05. The molecule has 1 atom stereocenters. The van der Waals surface area contributed by atoms with Gasteiger partial charge in [-0.05, 0) is 73.9 Å². The minimum atomic E-state index is -0.218. The number of likely N-dealkylation sites (tertiary alicyclic amines) is 1. The Morgan fingerprint density at radius 2 is 1.65 bits per heavy atom. The van der Waals surface area contributed by atoms with Crippen molar-refractivity contribution in [2.75, 3.05) is 20.1 Å². The van der Waals surface area contributed by atoms with Gasteiger partial charge in [-0.2, -0.15) is 0 Å². The smallest absolute Gasteiger partial charge is 0.123 e. The third-order valence-corrected chi connectivity index (χ3v) is 6.94. The fraction of sp³-hybridized carbons (Fsp3) is 0.368. The first-order valence-corrected chi connectivity index (χ1v) is 8.87. The summed E-state index contributed by atoms with van der Waals surface area (Å²) in [5.41, 5.74) is 3.43. The van der Waals surface area contributed by atoms with Crippen molar-refractivity contribution in [3.05, 3.63) is 70.8 Å². The molecule has 1 nitrogen and oxygen atoms in total. The van der Waals surface area contributed by atoms with E-state index in [4.69, 9.17) is 0 Å². The Bertz CT molecular complexity index is 721. The van der Waals surface area contributed by atoms with Crippen LogP contribution in [-0.2, 0) is 4.75 Å². The number of halogens is 2. The second-order valence-corrected chi connectivity index (χ2v) is 8.07. The summed E-state index contributed by atoms with van der Waals surface area (Å²) < 4.78 is 27.1. The Morgan fingerprint density at radius 3 is 2.35 bits per heavy atom. The molecule has 2 aliphatic rings. The molecule has 1 saturated heterocycles. The first kappa shape index (κ1) is 15.2. The average molecular weight is 331 g/mol. The number of hydrogen-bond donors (Lipinski definition) is 0. The summed E-state index contributed by atoms with van der Waals surface area (Å²) in [6, 6.07) is 11.9. The molecule has 0 aliphatic carbocycles. The molecule has 2 aliphatic heterocycles. The van der Waals surface area contributed by atoms with Crippen molar-refractivity contribution in [3.63, 3.8) is 0 Å². The van der Waals surface area contributed by atoms with Gasteiger partial charge in [-0.3, -0.25) is 0 Å². The lowest BCUT2D eigenvalue weighted by atomic mass is 9.84. The molecular weight excluding hydrogens is 312 g/mol. The van der Waals surface area contributed by atoms with Gasteiger partial charge >= 0.3 is 0 Å². The van der Waals surface area contributed by atoms with Crippen LogP contribution in [0.15, 0.2) is 42.5 Å². The number of thioether (sulfide) groups is 1. The predicted octanol–water partition coefficient (Wildman–Crippen LogP) is 4.72. The zero-order valence-electron chi connectivity index (χ0n) is 13.1. The molecule has 4 heteroatoms. The van der Waals surface area contributed by atoms with Crippen LogP contribution in [0.1, 0.15) is 34.8 Å². The summed E-state index contributed by atoms with van der Waals surface area (Å²) >= 11 is 1.92. The van der Waals surface area contributed by atoms with Crippen molar-refractivity contribution in [3.8, 4) is 0 Å². The van der Waals surface area contributed by atoms with E-state index in [-0.39, 0.29) is 21.6 Å². The molecule has 1 fully saturated rings. The van der Waals surface area contributed by atoms with Crippen molar-refractivity contribution >= 4 is 11.8 Å². The van der Waals surface area contributed by atoms with Gasteiger partial charge in [-0.1, -0.05) is 18.2 Å². The normalized spacial score (nSPS) is 23.2. The monoisotopic (exact) mass is 331 g/mol. The molecule has 2 heterocycles. The Balaban J connectivity index is 1.78. The third-order valence-electron chi connectivity index (χ3n) is 5.10. The quantitative estimate of drug-likeness (QED) is 0.744. The summed E-state index contributed by atoms with van der Waals surface area (Å²) in [5.74, 6) is -0.382. The molecular formula is C19H19F2NS. The largest absolute Gasteiger partial charge is 0.306 e. The molecule has 1 spiro atoms. The zero-order chi connectivity index (χ0) is 16.0. The van der Waals surface area contributed by atoms with Crippen molar-refractivity contribution < 1.29 is 8.78 Å². The molecule has 0 bridgehead atoms. The van der Waals surface area contributed by atoms with Crippen LogP contribution in [0.25, 0.3) is 0 Å². The molecule has 23 heavy (non-hydrogen) atoms. The average Bonchev–Trinajstić information content (AvgIpc) is 2.85. The predicted molar refractivity (Wildman–Crippen MR) is 90.6 cm³/mol. The number of rotatable bonds is 1. The van der Waals surface area contributed by atoms with E-state index in [0.29, 0.717) is 0 Å². The lowest BCUT2D eigenvalue weighted by Gasteiger charge is -2.38. The first-order valence-electron chi connectivity index (χ1n) is 7.99. The fourth-order valence-electron chi connectivity index (χ4n) is 3.76. The summed E-state index contributed by atoms with van der Waals surface area (Å²) in [7, 11) is 2.14. The second kappa shape index (κ2) is 5.60. The maximum atomic E-state index is 13.9. The van der Waals surface area contributed by atoms with Crippen LogP contribution in [0.4, 0.5) is 8.78 Å². The highest BCUT2D eigenvalue weighted by Gasteiger charge is 2.46. The maximum absolute atomic E-state index is 13.9. The molecule has 120 valence electrons. The van der Waals surface area contributed by atoms with Gasteiger partial charge in [0.1, 0.15) is 11.6 Å². The van der Waals surface area contributed by atoms with Crippen LogP contribution in [0.5, 0.6) is 0 Å². The van der Waals surface area contributed by atoms with E-state index in [9.17, 15) is 8.78 Å². The molecule has 0 radical (unpaired) electrons. The first-order chi connectivity index (χ1) is 11.1. The van der Waals surface area contributed by atoms with E-state index in [2.05, 4.69) is 11.9 Å². The van der Waals surface area contributed by atoms with Gasteiger partial charge in [-0.25, -0.2) is 8.78 Å². The molecule has 1 unspecified atom stereocenters. The van der Waals surface area contributed by atoms with Crippen LogP contribution in [0, 0.1) is 11.6 Å². The minimum Gasteiger partial charge on any atom is -0.306 e. The van der Waals surface area contributed by atoms with E-state index < -0.39 is 0 Å². The fourth-order valence-corrected chi connectivity index (χ4v) is 5.56. The van der Waals surface area contributed by atoms with Crippen molar-refractivity contribution in [1.29, 1.82) is 0 Å². The van der Waals surface area contributed by atoms with E-state index in [0.717, 1.165) is 37.1 Å². The van der Waals surface area contributed by atoms with Crippen LogP contribution in [0.2, 0.25) is 0 Å². The van der Waals surface area contributed by atoms with Crippen molar-refractivity contribution in [1.82, 2.24) is 4.90 Å². The number of piperidine rings is 1. The highest BCUT2D eigenvalue weighted by molar-refractivity contribution is 8.01. The van der Waals surface area contributed by atoms with Gasteiger partial charge in [-0.15, -0.1) is 11.8 Å². The third kappa shape index (κ3) is 2.58. The standard InChI is InChI=1S/C19H19F2NS/c1-22-10-8-19(9-11-22)17-12-15(21)6-7-16(17)18(23-19)13-2-4-14(20)5-3-13/h2-7,12,18H,8-11H2,1H3. The van der Waals surface area contributed by atoms with Gasteiger partial charge in [0, 0.05) is 4.75 Å². The molecule has 0 N–H and O–H groups in total. The van der Waals surface area contributed by atoms with Gasteiger partial charge in [0.2, 0.25) is 0 Å². The van der Waals surface area contributed by atoms with Crippen molar-refractivity contribution in [2.45, 2.75) is 22.8 Å². The summed E-state index contributed by atoms with van der Waals surface area (Å²) in [6.07, 6.45) is 2.06. The topological polar surface area (TPSA) is 3.24 Å². The SMILES string of the molecule is CN1CCC2(CC1)SC(c1ccc(F)cc1)c1ccc(F)cc12. The van der Waals surface area contributed by atoms with E-state index in [1.807, 2.05) is 30.0 Å². The van der Waals surface area contributed by atoms with Crippen LogP contribution >= 0.6 is 11.8 Å². The Morgan fingerprint density at radius 1 is 1.00 bits per heavy atom. The lowest BCUT2D eigenvalue weighted by molar-refractivity contribution is 0.241. The molecule has 4 rings (SSSR count). The van der Waals surface area contributed by atoms with Crippen LogP contribution < -0.4 is 0 Å². The summed E-state index contributed by atoms with van der Waals surface area (Å²) in [5, 5.41) is 0.162. The Hall–Kier alpha value is -1.39. The van der Waals surface area contributed by atoms with Gasteiger partial charge < -0.3 is 4.90 Å². The van der Waals surface area contributed by atoms with Crippen LogP contribution in [-0.4, -0.2) is 25.0 Å². The van der Waals surface area contributed by atoms with Gasteiger partial charge in [0.05, 0.1) is 5.25 Å². The molecule has 2 aromatic rings. The Labute approximate surface area is 139 Å². The van der Waals surface area contributed by atoms with E-state index >= 15 is 0 Å².